The Labute approximate surface area is 80.3 Å². The molecule has 0 aliphatic rings. The monoisotopic (exact) mass is 178 g/mol. The van der Waals surface area contributed by atoms with Crippen LogP contribution in [0.25, 0.3) is 5.70 Å². The Morgan fingerprint density at radius 1 is 1.54 bits per heavy atom. The molecule has 0 saturated carbocycles. The first-order chi connectivity index (χ1) is 6.33. The maximum atomic E-state index is 4.31. The molecule has 1 heterocycles. The highest BCUT2D eigenvalue weighted by Crippen LogP contribution is 2.14. The summed E-state index contributed by atoms with van der Waals surface area (Å²) in [5, 5.41) is 0. The van der Waals surface area contributed by atoms with Gasteiger partial charge in [-0.1, -0.05) is 26.3 Å². The van der Waals surface area contributed by atoms with Gasteiger partial charge in [-0.25, -0.2) is 4.98 Å². The molecule has 0 N–H and O–H groups in total. The second kappa shape index (κ2) is 4.85. The van der Waals surface area contributed by atoms with Gasteiger partial charge in [0.15, 0.2) is 0 Å². The number of aromatic nitrogens is 2. The molecule has 13 heavy (non-hydrogen) atoms. The van der Waals surface area contributed by atoms with Crippen LogP contribution in [0.2, 0.25) is 0 Å². The van der Waals surface area contributed by atoms with Gasteiger partial charge in [0.05, 0.1) is 0 Å². The largest absolute Gasteiger partial charge is 0.308 e. The number of aryl methyl sites for hydroxylation is 1. The Hall–Kier alpha value is -1.05. The summed E-state index contributed by atoms with van der Waals surface area (Å²) < 4.78 is 2.20. The summed E-state index contributed by atoms with van der Waals surface area (Å²) in [6, 6.07) is 0. The Morgan fingerprint density at radius 3 is 2.85 bits per heavy atom. The lowest BCUT2D eigenvalue weighted by Crippen LogP contribution is -2.00. The highest BCUT2D eigenvalue weighted by atomic mass is 15.1. The van der Waals surface area contributed by atoms with Crippen LogP contribution in [-0.4, -0.2) is 9.55 Å². The van der Waals surface area contributed by atoms with Gasteiger partial charge in [0.25, 0.3) is 0 Å². The normalized spacial score (nSPS) is 12.1. The predicted molar refractivity (Wildman–Crippen MR) is 56.5 cm³/mol. The summed E-state index contributed by atoms with van der Waals surface area (Å²) >= 11 is 0. The Morgan fingerprint density at radius 2 is 2.31 bits per heavy atom. The number of rotatable bonds is 4. The highest BCUT2D eigenvalue weighted by molar-refractivity contribution is 5.45. The van der Waals surface area contributed by atoms with Crippen LogP contribution < -0.4 is 0 Å². The molecule has 0 saturated heterocycles. The van der Waals surface area contributed by atoms with Gasteiger partial charge >= 0.3 is 0 Å². The van der Waals surface area contributed by atoms with Crippen molar-refractivity contribution in [2.24, 2.45) is 0 Å². The molecule has 0 spiro atoms. The van der Waals surface area contributed by atoms with Crippen LogP contribution in [0.1, 0.15) is 39.4 Å². The van der Waals surface area contributed by atoms with Gasteiger partial charge in [0, 0.05) is 24.5 Å². The van der Waals surface area contributed by atoms with Gasteiger partial charge in [-0.3, -0.25) is 0 Å². The highest BCUT2D eigenvalue weighted by Gasteiger charge is 2.03. The first-order valence-electron chi connectivity index (χ1n) is 5.01. The second-order valence-electron chi connectivity index (χ2n) is 3.10. The van der Waals surface area contributed by atoms with Crippen LogP contribution in [0.4, 0.5) is 0 Å². The third-order valence-electron chi connectivity index (χ3n) is 2.18. The van der Waals surface area contributed by atoms with E-state index in [4.69, 9.17) is 0 Å². The topological polar surface area (TPSA) is 17.8 Å². The molecule has 0 amide bonds. The SMILES string of the molecule is C/C=C(/CCC)n1ccnc1CC. The van der Waals surface area contributed by atoms with Crippen molar-refractivity contribution in [3.05, 3.63) is 24.3 Å². The molecule has 1 rings (SSSR count). The summed E-state index contributed by atoms with van der Waals surface area (Å²) in [6.45, 7) is 6.43. The van der Waals surface area contributed by atoms with Gasteiger partial charge in [-0.2, -0.15) is 0 Å². The molecule has 2 nitrogen and oxygen atoms in total. The number of nitrogens with zero attached hydrogens (tertiary/aromatic N) is 2. The predicted octanol–water partition coefficient (Wildman–Crippen LogP) is 3.11. The number of hydrogen-bond acceptors (Lipinski definition) is 1. The average Bonchev–Trinajstić information content (AvgIpc) is 2.61. The molecule has 1 aromatic rings. The van der Waals surface area contributed by atoms with Crippen LogP contribution in [0.15, 0.2) is 18.5 Å². The maximum Gasteiger partial charge on any atom is 0.112 e. The zero-order chi connectivity index (χ0) is 9.68. The van der Waals surface area contributed by atoms with Crippen LogP contribution in [0.3, 0.4) is 0 Å². The van der Waals surface area contributed by atoms with E-state index >= 15 is 0 Å². The van der Waals surface area contributed by atoms with Crippen LogP contribution in [0, 0.1) is 0 Å². The lowest BCUT2D eigenvalue weighted by Gasteiger charge is -2.09. The minimum atomic E-state index is 0.994. The molecule has 0 unspecified atom stereocenters. The molecule has 0 aliphatic carbocycles. The van der Waals surface area contributed by atoms with E-state index in [1.807, 2.05) is 12.4 Å². The van der Waals surface area contributed by atoms with Gasteiger partial charge in [-0.05, 0) is 13.3 Å². The van der Waals surface area contributed by atoms with E-state index in [-0.39, 0.29) is 0 Å². The van der Waals surface area contributed by atoms with E-state index in [1.54, 1.807) is 0 Å². The molecule has 0 radical (unpaired) electrons. The average molecular weight is 178 g/mol. The molecule has 0 aliphatic heterocycles. The van der Waals surface area contributed by atoms with E-state index in [1.165, 1.54) is 12.1 Å². The second-order valence-corrected chi connectivity index (χ2v) is 3.10. The van der Waals surface area contributed by atoms with Gasteiger partial charge < -0.3 is 4.57 Å². The van der Waals surface area contributed by atoms with Crippen molar-refractivity contribution in [1.29, 1.82) is 0 Å². The van der Waals surface area contributed by atoms with Crippen molar-refractivity contribution in [2.45, 2.75) is 40.0 Å². The third-order valence-corrected chi connectivity index (χ3v) is 2.18. The van der Waals surface area contributed by atoms with Crippen molar-refractivity contribution in [2.75, 3.05) is 0 Å². The zero-order valence-electron chi connectivity index (χ0n) is 8.75. The summed E-state index contributed by atoms with van der Waals surface area (Å²) in [6.07, 6.45) is 9.39. The molecular weight excluding hydrogens is 160 g/mol. The van der Waals surface area contributed by atoms with Crippen LogP contribution >= 0.6 is 0 Å². The fraction of sp³-hybridized carbons (Fsp3) is 0.545. The standard InChI is InChI=1S/C11H18N2/c1-4-7-10(5-2)13-9-8-12-11(13)6-3/h5,8-9H,4,6-7H2,1-3H3/b10-5-. The van der Waals surface area contributed by atoms with Crippen molar-refractivity contribution in [3.63, 3.8) is 0 Å². The van der Waals surface area contributed by atoms with E-state index in [0.29, 0.717) is 0 Å². The number of hydrogen-bond donors (Lipinski definition) is 0. The summed E-state index contributed by atoms with van der Waals surface area (Å²) in [5.41, 5.74) is 1.36. The Kier molecular flexibility index (Phi) is 3.74. The minimum Gasteiger partial charge on any atom is -0.308 e. The molecule has 0 bridgehead atoms. The fourth-order valence-corrected chi connectivity index (χ4v) is 1.52. The molecule has 0 aromatic carbocycles. The molecular formula is C11H18N2. The van der Waals surface area contributed by atoms with Gasteiger partial charge in [0.2, 0.25) is 0 Å². The van der Waals surface area contributed by atoms with E-state index in [0.717, 1.165) is 18.7 Å². The smallest absolute Gasteiger partial charge is 0.112 e. The molecule has 1 aromatic heterocycles. The third kappa shape index (κ3) is 2.20. The quantitative estimate of drug-likeness (QED) is 0.692. The lowest BCUT2D eigenvalue weighted by atomic mass is 10.2. The molecule has 0 atom stereocenters. The maximum absolute atomic E-state index is 4.31. The Bertz CT molecular complexity index is 284. The Balaban J connectivity index is 2.91. The fourth-order valence-electron chi connectivity index (χ4n) is 1.52. The summed E-state index contributed by atoms with van der Waals surface area (Å²) in [4.78, 5) is 4.31. The van der Waals surface area contributed by atoms with E-state index in [2.05, 4.69) is 36.4 Å². The molecule has 0 fully saturated rings. The van der Waals surface area contributed by atoms with Gasteiger partial charge in [0.1, 0.15) is 5.82 Å². The summed E-state index contributed by atoms with van der Waals surface area (Å²) in [5.74, 6) is 1.15. The first kappa shape index (κ1) is 10.0. The van der Waals surface area contributed by atoms with Gasteiger partial charge in [-0.15, -0.1) is 0 Å². The van der Waals surface area contributed by atoms with Crippen molar-refractivity contribution < 1.29 is 0 Å². The first-order valence-corrected chi connectivity index (χ1v) is 5.01. The number of allylic oxidation sites excluding steroid dienone is 2. The van der Waals surface area contributed by atoms with Crippen molar-refractivity contribution in [3.8, 4) is 0 Å². The minimum absolute atomic E-state index is 0.994. The zero-order valence-corrected chi connectivity index (χ0v) is 8.75. The van der Waals surface area contributed by atoms with E-state index < -0.39 is 0 Å². The lowest BCUT2D eigenvalue weighted by molar-refractivity contribution is 0.842. The molecule has 72 valence electrons. The van der Waals surface area contributed by atoms with Crippen LogP contribution in [-0.2, 0) is 6.42 Å². The van der Waals surface area contributed by atoms with Crippen molar-refractivity contribution in [1.82, 2.24) is 9.55 Å². The van der Waals surface area contributed by atoms with Crippen LogP contribution in [0.5, 0.6) is 0 Å². The number of imidazole rings is 1. The summed E-state index contributed by atoms with van der Waals surface area (Å²) in [7, 11) is 0. The van der Waals surface area contributed by atoms with Crippen molar-refractivity contribution >= 4 is 5.70 Å². The van der Waals surface area contributed by atoms with E-state index in [9.17, 15) is 0 Å². The molecule has 2 heteroatoms.